The van der Waals surface area contributed by atoms with E-state index in [1.54, 1.807) is 36.4 Å². The standard InChI is InChI=1S/C27H23NO6/c29-24(22-13-11-21(12-14-22)20-9-5-2-6-10-20)18-33-26(31)23-15-16-25(30)28(23)27(32)34-17-19-7-3-1-4-8-19/h1-14,23H,15-18H2/t23-/m0/s1. The molecule has 0 unspecified atom stereocenters. The molecule has 0 N–H and O–H groups in total. The molecular formula is C27H23NO6. The quantitative estimate of drug-likeness (QED) is 0.386. The van der Waals surface area contributed by atoms with Crippen molar-refractivity contribution in [2.45, 2.75) is 25.5 Å². The maximum absolute atomic E-state index is 12.6. The van der Waals surface area contributed by atoms with Crippen molar-refractivity contribution in [1.29, 1.82) is 0 Å². The number of rotatable bonds is 7. The highest BCUT2D eigenvalue weighted by Gasteiger charge is 2.42. The van der Waals surface area contributed by atoms with Crippen molar-refractivity contribution < 1.29 is 28.7 Å². The van der Waals surface area contributed by atoms with Gasteiger partial charge in [0.15, 0.2) is 12.4 Å². The van der Waals surface area contributed by atoms with E-state index in [1.165, 1.54) is 0 Å². The van der Waals surface area contributed by atoms with Gasteiger partial charge in [-0.1, -0.05) is 84.9 Å². The van der Waals surface area contributed by atoms with Gasteiger partial charge in [-0.25, -0.2) is 14.5 Å². The van der Waals surface area contributed by atoms with Gasteiger partial charge in [0.25, 0.3) is 0 Å². The smallest absolute Gasteiger partial charge is 0.417 e. The lowest BCUT2D eigenvalue weighted by molar-refractivity contribution is -0.149. The summed E-state index contributed by atoms with van der Waals surface area (Å²) in [6.07, 6.45) is -0.760. The normalized spacial score (nSPS) is 15.1. The summed E-state index contributed by atoms with van der Waals surface area (Å²) in [6.45, 7) is -0.510. The van der Waals surface area contributed by atoms with Gasteiger partial charge in [0.2, 0.25) is 5.91 Å². The summed E-state index contributed by atoms with van der Waals surface area (Å²) in [5, 5.41) is 0. The zero-order chi connectivity index (χ0) is 23.9. The largest absolute Gasteiger partial charge is 0.456 e. The molecule has 0 bridgehead atoms. The molecule has 1 aliphatic heterocycles. The van der Waals surface area contributed by atoms with Crippen molar-refractivity contribution >= 4 is 23.8 Å². The van der Waals surface area contributed by atoms with Crippen LogP contribution in [0.1, 0.15) is 28.8 Å². The van der Waals surface area contributed by atoms with E-state index >= 15 is 0 Å². The third-order valence-corrected chi connectivity index (χ3v) is 5.55. The molecule has 0 spiro atoms. The van der Waals surface area contributed by atoms with Gasteiger partial charge in [0, 0.05) is 12.0 Å². The molecule has 2 amide bonds. The summed E-state index contributed by atoms with van der Waals surface area (Å²) in [7, 11) is 0. The number of benzene rings is 3. The fourth-order valence-corrected chi connectivity index (χ4v) is 3.72. The number of ether oxygens (including phenoxy) is 2. The van der Waals surface area contributed by atoms with Gasteiger partial charge in [0.1, 0.15) is 12.6 Å². The summed E-state index contributed by atoms with van der Waals surface area (Å²) in [4.78, 5) is 50.5. The fraction of sp³-hybridized carbons (Fsp3) is 0.185. The van der Waals surface area contributed by atoms with Crippen molar-refractivity contribution in [1.82, 2.24) is 4.90 Å². The van der Waals surface area contributed by atoms with Crippen LogP contribution in [0.2, 0.25) is 0 Å². The maximum Gasteiger partial charge on any atom is 0.417 e. The van der Waals surface area contributed by atoms with Crippen LogP contribution in [0, 0.1) is 0 Å². The molecule has 1 aliphatic rings. The zero-order valence-electron chi connectivity index (χ0n) is 18.4. The minimum absolute atomic E-state index is 0.0229. The van der Waals surface area contributed by atoms with Gasteiger partial charge in [-0.05, 0) is 23.1 Å². The Kier molecular flexibility index (Phi) is 7.13. The van der Waals surface area contributed by atoms with E-state index in [0.29, 0.717) is 5.56 Å². The van der Waals surface area contributed by atoms with Crippen LogP contribution in [0.15, 0.2) is 84.9 Å². The highest BCUT2D eigenvalue weighted by molar-refractivity contribution is 6.01. The van der Waals surface area contributed by atoms with Gasteiger partial charge in [0.05, 0.1) is 0 Å². The molecule has 4 rings (SSSR count). The molecule has 7 heteroatoms. The number of carbonyl (C=O) groups excluding carboxylic acids is 4. The first-order valence-corrected chi connectivity index (χ1v) is 10.9. The van der Waals surface area contributed by atoms with Gasteiger partial charge in [-0.15, -0.1) is 0 Å². The first-order chi connectivity index (χ1) is 16.5. The third kappa shape index (κ3) is 5.38. The Morgan fingerprint density at radius 3 is 2.09 bits per heavy atom. The number of imide groups is 1. The van der Waals surface area contributed by atoms with Crippen LogP contribution in [-0.2, 0) is 25.7 Å². The SMILES string of the molecule is O=C(COC(=O)[C@@H]1CCC(=O)N1C(=O)OCc1ccccc1)c1ccc(-c2ccccc2)cc1. The van der Waals surface area contributed by atoms with Crippen molar-refractivity contribution in [3.05, 3.63) is 96.1 Å². The molecular weight excluding hydrogens is 434 g/mol. The van der Waals surface area contributed by atoms with Crippen molar-refractivity contribution in [3.63, 3.8) is 0 Å². The number of Topliss-reactive ketones (excluding diaryl/α,β-unsaturated/α-hetero) is 1. The van der Waals surface area contributed by atoms with E-state index in [-0.39, 0.29) is 25.2 Å². The predicted molar refractivity (Wildman–Crippen MR) is 124 cm³/mol. The minimum Gasteiger partial charge on any atom is -0.456 e. The molecule has 3 aromatic rings. The summed E-state index contributed by atoms with van der Waals surface area (Å²) in [5.41, 5.74) is 3.14. The van der Waals surface area contributed by atoms with Crippen LogP contribution >= 0.6 is 0 Å². The number of hydrogen-bond acceptors (Lipinski definition) is 6. The molecule has 0 radical (unpaired) electrons. The average molecular weight is 457 g/mol. The average Bonchev–Trinajstić information content (AvgIpc) is 3.28. The van der Waals surface area contributed by atoms with Crippen LogP contribution in [0.4, 0.5) is 4.79 Å². The number of hydrogen-bond donors (Lipinski definition) is 0. The molecule has 172 valence electrons. The van der Waals surface area contributed by atoms with Gasteiger partial charge in [-0.2, -0.15) is 0 Å². The van der Waals surface area contributed by atoms with Crippen LogP contribution in [0.25, 0.3) is 11.1 Å². The number of carbonyl (C=O) groups is 4. The van der Waals surface area contributed by atoms with Gasteiger partial charge >= 0.3 is 12.1 Å². The Bertz CT molecular complexity index is 1170. The summed E-state index contributed by atoms with van der Waals surface area (Å²) in [6, 6.07) is 24.6. The number of nitrogens with zero attached hydrogens (tertiary/aromatic N) is 1. The lowest BCUT2D eigenvalue weighted by Gasteiger charge is -2.21. The first-order valence-electron chi connectivity index (χ1n) is 10.9. The summed E-state index contributed by atoms with van der Waals surface area (Å²) >= 11 is 0. The number of amides is 2. The minimum atomic E-state index is -1.11. The Morgan fingerprint density at radius 2 is 1.41 bits per heavy atom. The van der Waals surface area contributed by atoms with E-state index in [1.807, 2.05) is 48.5 Å². The molecule has 0 aromatic heterocycles. The van der Waals surface area contributed by atoms with Crippen LogP contribution in [0.3, 0.4) is 0 Å². The van der Waals surface area contributed by atoms with Gasteiger partial charge < -0.3 is 9.47 Å². The second-order valence-corrected chi connectivity index (χ2v) is 7.83. The lowest BCUT2D eigenvalue weighted by atomic mass is 10.0. The van der Waals surface area contributed by atoms with Crippen LogP contribution in [-0.4, -0.2) is 41.3 Å². The molecule has 1 fully saturated rings. The second-order valence-electron chi connectivity index (χ2n) is 7.83. The summed E-state index contributed by atoms with van der Waals surface area (Å²) < 4.78 is 10.4. The second kappa shape index (κ2) is 10.6. The maximum atomic E-state index is 12.6. The van der Waals surface area contributed by atoms with E-state index in [0.717, 1.165) is 21.6 Å². The lowest BCUT2D eigenvalue weighted by Crippen LogP contribution is -2.44. The van der Waals surface area contributed by atoms with E-state index in [2.05, 4.69) is 0 Å². The Balaban J connectivity index is 1.32. The topological polar surface area (TPSA) is 90.0 Å². The Morgan fingerprint density at radius 1 is 0.794 bits per heavy atom. The molecule has 0 saturated carbocycles. The molecule has 1 atom stereocenters. The predicted octanol–water partition coefficient (Wildman–Crippen LogP) is 4.41. The monoisotopic (exact) mass is 457 g/mol. The molecule has 34 heavy (non-hydrogen) atoms. The summed E-state index contributed by atoms with van der Waals surface area (Å²) in [5.74, 6) is -1.70. The Labute approximate surface area is 196 Å². The highest BCUT2D eigenvalue weighted by Crippen LogP contribution is 2.22. The van der Waals surface area contributed by atoms with Gasteiger partial charge in [-0.3, -0.25) is 9.59 Å². The Hall–Kier alpha value is -4.26. The fourth-order valence-electron chi connectivity index (χ4n) is 3.72. The first kappa shape index (κ1) is 22.9. The van der Waals surface area contributed by atoms with Crippen molar-refractivity contribution in [3.8, 4) is 11.1 Å². The number of likely N-dealkylation sites (tertiary alicyclic amines) is 1. The molecule has 7 nitrogen and oxygen atoms in total. The van der Waals surface area contributed by atoms with E-state index in [4.69, 9.17) is 9.47 Å². The van der Waals surface area contributed by atoms with E-state index in [9.17, 15) is 19.2 Å². The zero-order valence-corrected chi connectivity index (χ0v) is 18.4. The highest BCUT2D eigenvalue weighted by atomic mass is 16.6. The molecule has 3 aromatic carbocycles. The molecule has 1 saturated heterocycles. The van der Waals surface area contributed by atoms with Crippen molar-refractivity contribution in [2.24, 2.45) is 0 Å². The number of esters is 1. The molecule has 0 aliphatic carbocycles. The van der Waals surface area contributed by atoms with E-state index < -0.39 is 30.6 Å². The molecule has 1 heterocycles. The number of ketones is 1. The van der Waals surface area contributed by atoms with Crippen molar-refractivity contribution in [2.75, 3.05) is 6.61 Å². The van der Waals surface area contributed by atoms with Crippen LogP contribution in [0.5, 0.6) is 0 Å². The van der Waals surface area contributed by atoms with Crippen LogP contribution < -0.4 is 0 Å². The third-order valence-electron chi connectivity index (χ3n) is 5.55.